The molecule has 2 aromatic carbocycles. The number of benzene rings is 2. The van der Waals surface area contributed by atoms with Crippen molar-refractivity contribution in [2.24, 2.45) is 5.10 Å². The van der Waals surface area contributed by atoms with Gasteiger partial charge in [-0.05, 0) is 40.8 Å². The number of ether oxygens (including phenoxy) is 2. The molecule has 2 rings (SSSR count). The Balaban J connectivity index is 1.91. The maximum Gasteiger partial charge on any atom is 0.277 e. The normalized spacial score (nSPS) is 11.4. The van der Waals surface area contributed by atoms with Gasteiger partial charge in [-0.1, -0.05) is 39.0 Å². The van der Waals surface area contributed by atoms with Crippen LogP contribution in [0.15, 0.2) is 47.6 Å². The van der Waals surface area contributed by atoms with Gasteiger partial charge in [0.05, 0.1) is 13.3 Å². The Labute approximate surface area is 153 Å². The van der Waals surface area contributed by atoms with Crippen LogP contribution in [0.3, 0.4) is 0 Å². The molecule has 0 bridgehead atoms. The predicted molar refractivity (Wildman–Crippen MR) is 101 cm³/mol. The number of phenols is 1. The summed E-state index contributed by atoms with van der Waals surface area (Å²) in [6.07, 6.45) is 1.43. The summed E-state index contributed by atoms with van der Waals surface area (Å²) >= 11 is 0. The summed E-state index contributed by atoms with van der Waals surface area (Å²) in [5.41, 5.74) is 3.98. The molecule has 26 heavy (non-hydrogen) atoms. The molecule has 0 aliphatic rings. The summed E-state index contributed by atoms with van der Waals surface area (Å²) in [4.78, 5) is 11.9. The Morgan fingerprint density at radius 1 is 1.19 bits per heavy atom. The molecular formula is C20H24N2O4. The van der Waals surface area contributed by atoms with Crippen molar-refractivity contribution in [3.63, 3.8) is 0 Å². The molecule has 0 saturated heterocycles. The SMILES string of the molecule is COc1ccc(/C=N/NC(=O)COc2ccccc2C(C)(C)C)cc1O. The number of hydrogen-bond donors (Lipinski definition) is 2. The van der Waals surface area contributed by atoms with Crippen LogP contribution < -0.4 is 14.9 Å². The van der Waals surface area contributed by atoms with Crippen LogP contribution in [-0.2, 0) is 10.2 Å². The molecular weight excluding hydrogens is 332 g/mol. The minimum atomic E-state index is -0.373. The number of hydrazone groups is 1. The number of hydrogen-bond acceptors (Lipinski definition) is 5. The van der Waals surface area contributed by atoms with Gasteiger partial charge in [0.1, 0.15) is 5.75 Å². The molecule has 0 unspecified atom stereocenters. The van der Waals surface area contributed by atoms with Crippen LogP contribution in [-0.4, -0.2) is 30.9 Å². The number of methoxy groups -OCH3 is 1. The quantitative estimate of drug-likeness (QED) is 0.615. The lowest BCUT2D eigenvalue weighted by Gasteiger charge is -2.22. The molecule has 0 aliphatic carbocycles. The summed E-state index contributed by atoms with van der Waals surface area (Å²) in [6.45, 7) is 6.12. The molecule has 0 aliphatic heterocycles. The highest BCUT2D eigenvalue weighted by molar-refractivity contribution is 5.83. The molecule has 2 N–H and O–H groups in total. The zero-order chi connectivity index (χ0) is 19.2. The molecule has 6 nitrogen and oxygen atoms in total. The lowest BCUT2D eigenvalue weighted by molar-refractivity contribution is -0.123. The van der Waals surface area contributed by atoms with Crippen LogP contribution in [0.25, 0.3) is 0 Å². The van der Waals surface area contributed by atoms with E-state index in [1.807, 2.05) is 24.3 Å². The number of nitrogens with zero attached hydrogens (tertiary/aromatic N) is 1. The van der Waals surface area contributed by atoms with E-state index in [0.717, 1.165) is 5.56 Å². The van der Waals surface area contributed by atoms with Gasteiger partial charge < -0.3 is 14.6 Å². The monoisotopic (exact) mass is 356 g/mol. The molecule has 1 amide bonds. The largest absolute Gasteiger partial charge is 0.504 e. The summed E-state index contributed by atoms with van der Waals surface area (Å²) in [5.74, 6) is 0.684. The Bertz CT molecular complexity index is 795. The zero-order valence-corrected chi connectivity index (χ0v) is 15.4. The number of phenolic OH excluding ortho intramolecular Hbond substituents is 1. The summed E-state index contributed by atoms with van der Waals surface area (Å²) in [6, 6.07) is 12.5. The first-order chi connectivity index (χ1) is 12.3. The van der Waals surface area contributed by atoms with Gasteiger partial charge in [0.25, 0.3) is 5.91 Å². The highest BCUT2D eigenvalue weighted by Gasteiger charge is 2.18. The van der Waals surface area contributed by atoms with Crippen molar-refractivity contribution in [2.75, 3.05) is 13.7 Å². The van der Waals surface area contributed by atoms with E-state index in [1.165, 1.54) is 19.4 Å². The topological polar surface area (TPSA) is 80.2 Å². The lowest BCUT2D eigenvalue weighted by atomic mass is 9.86. The fourth-order valence-electron chi connectivity index (χ4n) is 2.35. The Hall–Kier alpha value is -3.02. The van der Waals surface area contributed by atoms with Crippen molar-refractivity contribution in [1.82, 2.24) is 5.43 Å². The van der Waals surface area contributed by atoms with Crippen LogP contribution in [0.4, 0.5) is 0 Å². The van der Waals surface area contributed by atoms with Gasteiger partial charge in [0.2, 0.25) is 0 Å². The lowest BCUT2D eigenvalue weighted by Crippen LogP contribution is -2.25. The van der Waals surface area contributed by atoms with Crippen molar-refractivity contribution in [2.45, 2.75) is 26.2 Å². The van der Waals surface area contributed by atoms with E-state index >= 15 is 0 Å². The number of carbonyl (C=O) groups is 1. The van der Waals surface area contributed by atoms with Crippen molar-refractivity contribution in [1.29, 1.82) is 0 Å². The molecule has 138 valence electrons. The van der Waals surface area contributed by atoms with Crippen LogP contribution in [0.1, 0.15) is 31.9 Å². The molecule has 0 saturated carbocycles. The maximum atomic E-state index is 11.9. The van der Waals surface area contributed by atoms with Gasteiger partial charge >= 0.3 is 0 Å². The van der Waals surface area contributed by atoms with Crippen LogP contribution >= 0.6 is 0 Å². The van der Waals surface area contributed by atoms with Crippen LogP contribution in [0.2, 0.25) is 0 Å². The number of nitrogens with one attached hydrogen (secondary N) is 1. The number of rotatable bonds is 6. The average Bonchev–Trinajstić information content (AvgIpc) is 2.59. The van der Waals surface area contributed by atoms with Gasteiger partial charge in [-0.2, -0.15) is 5.10 Å². The van der Waals surface area contributed by atoms with Gasteiger partial charge in [-0.25, -0.2) is 5.43 Å². The van der Waals surface area contributed by atoms with Gasteiger partial charge in [-0.3, -0.25) is 4.79 Å². The molecule has 0 atom stereocenters. The van der Waals surface area contributed by atoms with Crippen molar-refractivity contribution < 1.29 is 19.4 Å². The average molecular weight is 356 g/mol. The fraction of sp³-hybridized carbons (Fsp3) is 0.300. The highest BCUT2D eigenvalue weighted by Crippen LogP contribution is 2.30. The summed E-state index contributed by atoms with van der Waals surface area (Å²) < 4.78 is 10.6. The summed E-state index contributed by atoms with van der Waals surface area (Å²) in [5, 5.41) is 13.6. The standard InChI is InChI=1S/C20H24N2O4/c1-20(2,3)15-7-5-6-8-17(15)26-13-19(24)22-21-12-14-9-10-18(25-4)16(23)11-14/h5-12,23H,13H2,1-4H3,(H,22,24)/b21-12+. The van der Waals surface area contributed by atoms with E-state index in [4.69, 9.17) is 9.47 Å². The maximum absolute atomic E-state index is 11.9. The highest BCUT2D eigenvalue weighted by atomic mass is 16.5. The second-order valence-electron chi connectivity index (χ2n) is 6.76. The second kappa shape index (κ2) is 8.38. The van der Waals surface area contributed by atoms with E-state index in [1.54, 1.807) is 12.1 Å². The predicted octanol–water partition coefficient (Wildman–Crippen LogP) is 3.23. The van der Waals surface area contributed by atoms with Crippen molar-refractivity contribution in [3.05, 3.63) is 53.6 Å². The number of para-hydroxylation sites is 1. The molecule has 0 fully saturated rings. The molecule has 0 spiro atoms. The second-order valence-corrected chi connectivity index (χ2v) is 6.76. The van der Waals surface area contributed by atoms with E-state index in [0.29, 0.717) is 17.1 Å². The van der Waals surface area contributed by atoms with E-state index < -0.39 is 0 Å². The molecule has 0 heterocycles. The third kappa shape index (κ3) is 5.24. The molecule has 6 heteroatoms. The molecule has 0 radical (unpaired) electrons. The van der Waals surface area contributed by atoms with Gasteiger partial charge in [0.15, 0.2) is 18.1 Å². The van der Waals surface area contributed by atoms with E-state index in [2.05, 4.69) is 31.3 Å². The molecule has 0 aromatic heterocycles. The van der Waals surface area contributed by atoms with E-state index in [-0.39, 0.29) is 23.7 Å². The van der Waals surface area contributed by atoms with Gasteiger partial charge in [0, 0.05) is 0 Å². The van der Waals surface area contributed by atoms with E-state index in [9.17, 15) is 9.90 Å². The van der Waals surface area contributed by atoms with Gasteiger partial charge in [-0.15, -0.1) is 0 Å². The first-order valence-electron chi connectivity index (χ1n) is 8.22. The van der Waals surface area contributed by atoms with Crippen LogP contribution in [0, 0.1) is 0 Å². The number of aromatic hydroxyl groups is 1. The third-order valence-corrected chi connectivity index (χ3v) is 3.66. The smallest absolute Gasteiger partial charge is 0.277 e. The summed E-state index contributed by atoms with van der Waals surface area (Å²) in [7, 11) is 1.47. The minimum absolute atomic E-state index is 0.00453. The Kier molecular flexibility index (Phi) is 6.22. The van der Waals surface area contributed by atoms with Crippen LogP contribution in [0.5, 0.6) is 17.2 Å². The van der Waals surface area contributed by atoms with Crippen molar-refractivity contribution in [3.8, 4) is 17.2 Å². The first-order valence-corrected chi connectivity index (χ1v) is 8.22. The number of amides is 1. The Morgan fingerprint density at radius 2 is 1.92 bits per heavy atom. The fourth-order valence-corrected chi connectivity index (χ4v) is 2.35. The molecule has 2 aromatic rings. The number of carbonyl (C=O) groups excluding carboxylic acids is 1. The Morgan fingerprint density at radius 3 is 2.58 bits per heavy atom. The third-order valence-electron chi connectivity index (χ3n) is 3.66. The van der Waals surface area contributed by atoms with Crippen molar-refractivity contribution >= 4 is 12.1 Å². The first kappa shape index (κ1) is 19.3. The minimum Gasteiger partial charge on any atom is -0.504 e. The zero-order valence-electron chi connectivity index (χ0n) is 15.4.